The highest BCUT2D eigenvalue weighted by molar-refractivity contribution is 6.31. The molecule has 1 aliphatic carbocycles. The Morgan fingerprint density at radius 1 is 1.07 bits per heavy atom. The molecule has 0 heterocycles. The molecule has 3 rings (SSSR count). The second-order valence-electron chi connectivity index (χ2n) is 7.60. The molecular weight excluding hydrogens is 404 g/mol. The van der Waals surface area contributed by atoms with Gasteiger partial charge in [-0.25, -0.2) is 0 Å². The Balaban J connectivity index is 1.66. The van der Waals surface area contributed by atoms with Crippen LogP contribution in [0.5, 0.6) is 11.5 Å². The van der Waals surface area contributed by atoms with E-state index in [1.165, 1.54) is 50.7 Å². The number of nitrogens with one attached hydrogen (secondary N) is 1. The number of nitro groups is 1. The van der Waals surface area contributed by atoms with E-state index in [2.05, 4.69) is 5.32 Å². The van der Waals surface area contributed by atoms with E-state index in [0.717, 1.165) is 11.1 Å². The highest BCUT2D eigenvalue weighted by atomic mass is 35.5. The molecule has 162 valence electrons. The summed E-state index contributed by atoms with van der Waals surface area (Å²) in [5.74, 6) is 1.22. The lowest BCUT2D eigenvalue weighted by Gasteiger charge is -2.19. The Labute approximate surface area is 182 Å². The second kappa shape index (κ2) is 11.2. The SMILES string of the molecule is CCOc1cc(CNC2CCCCCC2)c(Cl)cc1OCc1ccc([N+](=O)[O-])cc1. The first-order valence-corrected chi connectivity index (χ1v) is 11.0. The predicted octanol–water partition coefficient (Wildman–Crippen LogP) is 6.04. The van der Waals surface area contributed by atoms with Crippen LogP contribution in [0.4, 0.5) is 5.69 Å². The van der Waals surface area contributed by atoms with Gasteiger partial charge < -0.3 is 14.8 Å². The van der Waals surface area contributed by atoms with E-state index in [0.29, 0.717) is 35.7 Å². The summed E-state index contributed by atoms with van der Waals surface area (Å²) in [5, 5.41) is 15.1. The average Bonchev–Trinajstić information content (AvgIpc) is 3.02. The molecule has 0 saturated heterocycles. The summed E-state index contributed by atoms with van der Waals surface area (Å²) >= 11 is 6.54. The molecular formula is C23H29ClN2O4. The molecule has 0 radical (unpaired) electrons. The van der Waals surface area contributed by atoms with Crippen LogP contribution in [-0.2, 0) is 13.2 Å². The Hall–Kier alpha value is -2.31. The minimum Gasteiger partial charge on any atom is -0.490 e. The van der Waals surface area contributed by atoms with Gasteiger partial charge in [-0.2, -0.15) is 0 Å². The van der Waals surface area contributed by atoms with Crippen LogP contribution in [0.1, 0.15) is 56.6 Å². The van der Waals surface area contributed by atoms with Gasteiger partial charge in [0.2, 0.25) is 0 Å². The minimum atomic E-state index is -0.417. The molecule has 0 atom stereocenters. The van der Waals surface area contributed by atoms with Gasteiger partial charge in [-0.1, -0.05) is 37.3 Å². The van der Waals surface area contributed by atoms with Gasteiger partial charge in [0.15, 0.2) is 11.5 Å². The average molecular weight is 433 g/mol. The molecule has 2 aromatic rings. The maximum Gasteiger partial charge on any atom is 0.269 e. The van der Waals surface area contributed by atoms with Crippen molar-refractivity contribution in [1.29, 1.82) is 0 Å². The van der Waals surface area contributed by atoms with Crippen LogP contribution in [0, 0.1) is 10.1 Å². The van der Waals surface area contributed by atoms with Crippen molar-refractivity contribution in [3.05, 3.63) is 62.7 Å². The van der Waals surface area contributed by atoms with Crippen LogP contribution in [-0.4, -0.2) is 17.6 Å². The van der Waals surface area contributed by atoms with Gasteiger partial charge in [-0.15, -0.1) is 0 Å². The number of ether oxygens (including phenoxy) is 2. The second-order valence-corrected chi connectivity index (χ2v) is 8.01. The van der Waals surface area contributed by atoms with Crippen LogP contribution in [0.2, 0.25) is 5.02 Å². The lowest BCUT2D eigenvalue weighted by molar-refractivity contribution is -0.384. The van der Waals surface area contributed by atoms with E-state index >= 15 is 0 Å². The van der Waals surface area contributed by atoms with Crippen molar-refractivity contribution in [3.63, 3.8) is 0 Å². The summed E-state index contributed by atoms with van der Waals surface area (Å²) in [7, 11) is 0. The highest BCUT2D eigenvalue weighted by Crippen LogP contribution is 2.34. The summed E-state index contributed by atoms with van der Waals surface area (Å²) in [5.41, 5.74) is 1.88. The fourth-order valence-electron chi connectivity index (χ4n) is 3.71. The largest absolute Gasteiger partial charge is 0.490 e. The van der Waals surface area contributed by atoms with E-state index in [4.69, 9.17) is 21.1 Å². The minimum absolute atomic E-state index is 0.0577. The van der Waals surface area contributed by atoms with Gasteiger partial charge >= 0.3 is 0 Å². The standard InChI is InChI=1S/C23H29ClN2O4/c1-2-29-22-13-18(15-25-19-7-5-3-4-6-8-19)21(24)14-23(22)30-16-17-9-11-20(12-10-17)26(27)28/h9-14,19,25H,2-8,15-16H2,1H3. The Morgan fingerprint density at radius 2 is 1.73 bits per heavy atom. The third kappa shape index (κ3) is 6.34. The van der Waals surface area contributed by atoms with E-state index in [-0.39, 0.29) is 12.3 Å². The van der Waals surface area contributed by atoms with E-state index in [1.54, 1.807) is 18.2 Å². The monoisotopic (exact) mass is 432 g/mol. The maximum absolute atomic E-state index is 10.8. The first-order chi connectivity index (χ1) is 14.6. The Morgan fingerprint density at radius 3 is 2.37 bits per heavy atom. The molecule has 30 heavy (non-hydrogen) atoms. The van der Waals surface area contributed by atoms with Crippen molar-refractivity contribution >= 4 is 17.3 Å². The van der Waals surface area contributed by atoms with Crippen molar-refractivity contribution in [1.82, 2.24) is 5.32 Å². The molecule has 1 aliphatic rings. The lowest BCUT2D eigenvalue weighted by atomic mass is 10.1. The third-order valence-corrected chi connectivity index (χ3v) is 5.74. The van der Waals surface area contributed by atoms with Gasteiger partial charge in [-0.3, -0.25) is 10.1 Å². The van der Waals surface area contributed by atoms with Crippen molar-refractivity contribution in [2.45, 2.75) is 64.6 Å². The summed E-state index contributed by atoms with van der Waals surface area (Å²) < 4.78 is 11.7. The van der Waals surface area contributed by atoms with Gasteiger partial charge in [0.25, 0.3) is 5.69 Å². The molecule has 0 spiro atoms. The summed E-state index contributed by atoms with van der Waals surface area (Å²) in [4.78, 5) is 10.4. The molecule has 1 N–H and O–H groups in total. The zero-order chi connectivity index (χ0) is 21.3. The van der Waals surface area contributed by atoms with Crippen LogP contribution < -0.4 is 14.8 Å². The molecule has 2 aromatic carbocycles. The molecule has 0 bridgehead atoms. The number of non-ortho nitro benzene ring substituents is 1. The molecule has 1 fully saturated rings. The fraction of sp³-hybridized carbons (Fsp3) is 0.478. The van der Waals surface area contributed by atoms with Crippen molar-refractivity contribution < 1.29 is 14.4 Å². The van der Waals surface area contributed by atoms with Gasteiger partial charge in [0.1, 0.15) is 6.61 Å². The first-order valence-electron chi connectivity index (χ1n) is 10.6. The molecule has 6 nitrogen and oxygen atoms in total. The number of rotatable bonds is 9. The quantitative estimate of drug-likeness (QED) is 0.297. The maximum atomic E-state index is 10.8. The van der Waals surface area contributed by atoms with E-state index in [9.17, 15) is 10.1 Å². The smallest absolute Gasteiger partial charge is 0.269 e. The first kappa shape index (κ1) is 22.4. The van der Waals surface area contributed by atoms with E-state index < -0.39 is 4.92 Å². The molecule has 0 aromatic heterocycles. The summed E-state index contributed by atoms with van der Waals surface area (Å²) in [6.07, 6.45) is 7.65. The topological polar surface area (TPSA) is 73.6 Å². The zero-order valence-corrected chi connectivity index (χ0v) is 18.1. The molecule has 7 heteroatoms. The molecule has 1 saturated carbocycles. The normalized spacial score (nSPS) is 14.9. The Kier molecular flexibility index (Phi) is 8.34. The number of hydrogen-bond acceptors (Lipinski definition) is 5. The van der Waals surface area contributed by atoms with Crippen LogP contribution in [0.3, 0.4) is 0 Å². The zero-order valence-electron chi connectivity index (χ0n) is 17.4. The predicted molar refractivity (Wildman–Crippen MR) is 118 cm³/mol. The van der Waals surface area contributed by atoms with Crippen LogP contribution in [0.25, 0.3) is 0 Å². The van der Waals surface area contributed by atoms with Gasteiger partial charge in [0.05, 0.1) is 11.5 Å². The molecule has 0 aliphatic heterocycles. The van der Waals surface area contributed by atoms with Gasteiger partial charge in [-0.05, 0) is 49.1 Å². The Bertz CT molecular complexity index is 834. The van der Waals surface area contributed by atoms with Gasteiger partial charge in [0, 0.05) is 35.8 Å². The van der Waals surface area contributed by atoms with E-state index in [1.807, 2.05) is 13.0 Å². The number of benzene rings is 2. The summed E-state index contributed by atoms with van der Waals surface area (Å²) in [6.45, 7) is 3.42. The fourth-order valence-corrected chi connectivity index (χ4v) is 3.93. The lowest BCUT2D eigenvalue weighted by Crippen LogP contribution is -2.28. The summed E-state index contributed by atoms with van der Waals surface area (Å²) in [6, 6.07) is 10.6. The third-order valence-electron chi connectivity index (χ3n) is 5.39. The highest BCUT2D eigenvalue weighted by Gasteiger charge is 2.15. The molecule has 0 unspecified atom stereocenters. The number of halogens is 1. The number of hydrogen-bond donors (Lipinski definition) is 1. The van der Waals surface area contributed by atoms with Crippen molar-refractivity contribution in [2.24, 2.45) is 0 Å². The van der Waals surface area contributed by atoms with Crippen molar-refractivity contribution in [2.75, 3.05) is 6.61 Å². The molecule has 0 amide bonds. The van der Waals surface area contributed by atoms with Crippen LogP contribution in [0.15, 0.2) is 36.4 Å². The van der Waals surface area contributed by atoms with Crippen molar-refractivity contribution in [3.8, 4) is 11.5 Å². The number of nitro benzene ring substituents is 1. The van der Waals surface area contributed by atoms with Crippen LogP contribution >= 0.6 is 11.6 Å². The number of nitrogens with zero attached hydrogens (tertiary/aromatic N) is 1.